The van der Waals surface area contributed by atoms with Crippen LogP contribution < -0.4 is 5.32 Å². The highest BCUT2D eigenvalue weighted by Crippen LogP contribution is 2.26. The largest absolute Gasteiger partial charge is 0.307 e. The molecule has 1 aromatic carbocycles. The molecule has 2 nitrogen and oxygen atoms in total. The minimum absolute atomic E-state index is 0.0245. The molecule has 88 valence electrons. The van der Waals surface area contributed by atoms with Crippen molar-refractivity contribution in [2.75, 3.05) is 6.54 Å². The van der Waals surface area contributed by atoms with E-state index in [1.165, 1.54) is 11.8 Å². The summed E-state index contributed by atoms with van der Waals surface area (Å²) in [6, 6.07) is 8.10. The van der Waals surface area contributed by atoms with Gasteiger partial charge in [-0.25, -0.2) is 0 Å². The molecular formula is C14H15NOS. The molecule has 3 heteroatoms. The molecule has 0 bridgehead atoms. The molecule has 1 unspecified atom stereocenters. The smallest absolute Gasteiger partial charge is 0.181 e. The van der Waals surface area contributed by atoms with E-state index in [1.54, 1.807) is 11.3 Å². The highest BCUT2D eigenvalue weighted by molar-refractivity contribution is 7.17. The number of rotatable bonds is 2. The third-order valence-corrected chi connectivity index (χ3v) is 4.33. The second-order valence-electron chi connectivity index (χ2n) is 4.51. The number of carbonyl (C=O) groups excluding carboxylic acids is 1. The average Bonchev–Trinajstić information content (AvgIpc) is 2.87. The molecule has 1 fully saturated rings. The summed E-state index contributed by atoms with van der Waals surface area (Å²) >= 11 is 1.66. The zero-order valence-electron chi connectivity index (χ0n) is 9.61. The lowest BCUT2D eigenvalue weighted by atomic mass is 9.96. The van der Waals surface area contributed by atoms with E-state index < -0.39 is 0 Å². The monoisotopic (exact) mass is 245 g/mol. The van der Waals surface area contributed by atoms with Crippen LogP contribution in [0.4, 0.5) is 0 Å². The molecule has 1 aliphatic heterocycles. The Labute approximate surface area is 105 Å². The van der Waals surface area contributed by atoms with Crippen molar-refractivity contribution in [3.63, 3.8) is 0 Å². The molecule has 1 aliphatic rings. The Kier molecular flexibility index (Phi) is 2.95. The lowest BCUT2D eigenvalue weighted by Gasteiger charge is -2.22. The molecule has 0 spiro atoms. The van der Waals surface area contributed by atoms with Gasteiger partial charge in [0.2, 0.25) is 0 Å². The Morgan fingerprint density at radius 1 is 1.29 bits per heavy atom. The molecule has 1 aromatic heterocycles. The fourth-order valence-corrected chi connectivity index (χ4v) is 3.37. The predicted octanol–water partition coefficient (Wildman–Crippen LogP) is 3.23. The minimum atomic E-state index is 0.0245. The van der Waals surface area contributed by atoms with Crippen molar-refractivity contribution in [1.82, 2.24) is 5.32 Å². The summed E-state index contributed by atoms with van der Waals surface area (Å²) in [6.07, 6.45) is 3.32. The number of piperidine rings is 1. The highest BCUT2D eigenvalue weighted by Gasteiger charge is 2.23. The molecule has 2 aromatic rings. The summed E-state index contributed by atoms with van der Waals surface area (Å²) in [7, 11) is 0. The lowest BCUT2D eigenvalue weighted by molar-refractivity contribution is 0.0929. The van der Waals surface area contributed by atoms with Crippen molar-refractivity contribution in [3.05, 3.63) is 35.2 Å². The summed E-state index contributed by atoms with van der Waals surface area (Å²) in [5, 5.41) is 6.56. The zero-order valence-corrected chi connectivity index (χ0v) is 10.4. The summed E-state index contributed by atoms with van der Waals surface area (Å²) in [5.74, 6) is 0.262. The molecule has 0 saturated carbocycles. The summed E-state index contributed by atoms with van der Waals surface area (Å²) in [6.45, 7) is 0.969. The van der Waals surface area contributed by atoms with E-state index in [1.807, 2.05) is 12.1 Å². The number of fused-ring (bicyclic) bond motifs is 1. The molecule has 17 heavy (non-hydrogen) atoms. The van der Waals surface area contributed by atoms with Gasteiger partial charge in [0, 0.05) is 10.3 Å². The van der Waals surface area contributed by atoms with Crippen LogP contribution in [0.15, 0.2) is 29.6 Å². The molecule has 2 heterocycles. The molecule has 0 aliphatic carbocycles. The van der Waals surface area contributed by atoms with E-state index >= 15 is 0 Å². The van der Waals surface area contributed by atoms with Crippen LogP contribution in [0.2, 0.25) is 0 Å². The standard InChI is InChI=1S/C14H15NOS/c16-13(12-6-1-2-8-15-12)11-5-3-4-10-7-9-17-14(10)11/h3-5,7,9,12,15H,1-2,6,8H2. The number of ketones is 1. The van der Waals surface area contributed by atoms with Crippen molar-refractivity contribution in [1.29, 1.82) is 0 Å². The topological polar surface area (TPSA) is 29.1 Å². The summed E-state index contributed by atoms with van der Waals surface area (Å²) in [4.78, 5) is 12.5. The van der Waals surface area contributed by atoms with E-state index in [0.717, 1.165) is 29.6 Å². The Bertz CT molecular complexity index is 540. The lowest BCUT2D eigenvalue weighted by Crippen LogP contribution is -2.40. The van der Waals surface area contributed by atoms with Gasteiger partial charge in [-0.3, -0.25) is 4.79 Å². The van der Waals surface area contributed by atoms with Crippen LogP contribution in [0.5, 0.6) is 0 Å². The second kappa shape index (κ2) is 4.59. The van der Waals surface area contributed by atoms with E-state index in [0.29, 0.717) is 0 Å². The summed E-state index contributed by atoms with van der Waals surface area (Å²) < 4.78 is 1.13. The number of thiophene rings is 1. The van der Waals surface area contributed by atoms with Crippen LogP contribution in [-0.4, -0.2) is 18.4 Å². The van der Waals surface area contributed by atoms with Crippen LogP contribution in [0.1, 0.15) is 29.6 Å². The van der Waals surface area contributed by atoms with Gasteiger partial charge in [0.1, 0.15) is 0 Å². The first-order valence-electron chi connectivity index (χ1n) is 6.10. The van der Waals surface area contributed by atoms with E-state index in [9.17, 15) is 4.79 Å². The third kappa shape index (κ3) is 2.01. The van der Waals surface area contributed by atoms with Gasteiger partial charge in [0.15, 0.2) is 5.78 Å². The Hall–Kier alpha value is -1.19. The van der Waals surface area contributed by atoms with Gasteiger partial charge in [-0.05, 0) is 42.3 Å². The minimum Gasteiger partial charge on any atom is -0.307 e. The first kappa shape index (κ1) is 10.9. The number of benzene rings is 1. The number of nitrogens with one attached hydrogen (secondary N) is 1. The molecule has 0 amide bonds. The van der Waals surface area contributed by atoms with E-state index in [4.69, 9.17) is 0 Å². The van der Waals surface area contributed by atoms with Gasteiger partial charge in [-0.15, -0.1) is 11.3 Å². The van der Waals surface area contributed by atoms with Crippen molar-refractivity contribution >= 4 is 27.2 Å². The number of Topliss-reactive ketones (excluding diaryl/α,β-unsaturated/α-hetero) is 1. The third-order valence-electron chi connectivity index (χ3n) is 3.37. The quantitative estimate of drug-likeness (QED) is 0.823. The van der Waals surface area contributed by atoms with Gasteiger partial charge in [-0.1, -0.05) is 18.6 Å². The fourth-order valence-electron chi connectivity index (χ4n) is 2.45. The fraction of sp³-hybridized carbons (Fsp3) is 0.357. The molecular weight excluding hydrogens is 230 g/mol. The van der Waals surface area contributed by atoms with Crippen molar-refractivity contribution < 1.29 is 4.79 Å². The van der Waals surface area contributed by atoms with Crippen molar-refractivity contribution in [2.24, 2.45) is 0 Å². The number of hydrogen-bond acceptors (Lipinski definition) is 3. The molecule has 1 atom stereocenters. The predicted molar refractivity (Wildman–Crippen MR) is 71.8 cm³/mol. The van der Waals surface area contributed by atoms with Gasteiger partial charge in [0.05, 0.1) is 6.04 Å². The Morgan fingerprint density at radius 2 is 2.24 bits per heavy atom. The highest BCUT2D eigenvalue weighted by atomic mass is 32.1. The number of hydrogen-bond donors (Lipinski definition) is 1. The maximum absolute atomic E-state index is 12.5. The molecule has 0 radical (unpaired) electrons. The van der Waals surface area contributed by atoms with E-state index in [-0.39, 0.29) is 11.8 Å². The number of carbonyl (C=O) groups is 1. The van der Waals surface area contributed by atoms with Gasteiger partial charge < -0.3 is 5.32 Å². The van der Waals surface area contributed by atoms with Crippen LogP contribution >= 0.6 is 11.3 Å². The van der Waals surface area contributed by atoms with Crippen LogP contribution in [0, 0.1) is 0 Å². The van der Waals surface area contributed by atoms with Crippen LogP contribution in [0.25, 0.3) is 10.1 Å². The van der Waals surface area contributed by atoms with Gasteiger partial charge >= 0.3 is 0 Å². The van der Waals surface area contributed by atoms with E-state index in [2.05, 4.69) is 22.8 Å². The van der Waals surface area contributed by atoms with Crippen LogP contribution in [0.3, 0.4) is 0 Å². The maximum Gasteiger partial charge on any atom is 0.181 e. The first-order chi connectivity index (χ1) is 8.36. The second-order valence-corrected chi connectivity index (χ2v) is 5.43. The molecule has 3 rings (SSSR count). The maximum atomic E-state index is 12.5. The Morgan fingerprint density at radius 3 is 3.06 bits per heavy atom. The molecule has 1 N–H and O–H groups in total. The van der Waals surface area contributed by atoms with Crippen molar-refractivity contribution in [2.45, 2.75) is 25.3 Å². The average molecular weight is 245 g/mol. The van der Waals surface area contributed by atoms with Crippen LogP contribution in [-0.2, 0) is 0 Å². The van der Waals surface area contributed by atoms with Gasteiger partial charge in [0.25, 0.3) is 0 Å². The summed E-state index contributed by atoms with van der Waals surface area (Å²) in [5.41, 5.74) is 0.886. The normalized spacial score (nSPS) is 20.6. The zero-order chi connectivity index (χ0) is 11.7. The first-order valence-corrected chi connectivity index (χ1v) is 6.98. The van der Waals surface area contributed by atoms with Crippen molar-refractivity contribution in [3.8, 4) is 0 Å². The molecule has 1 saturated heterocycles. The van der Waals surface area contributed by atoms with Gasteiger partial charge in [-0.2, -0.15) is 0 Å². The SMILES string of the molecule is O=C(c1cccc2ccsc12)C1CCCCN1. The Balaban J connectivity index is 1.97.